The van der Waals surface area contributed by atoms with Crippen LogP contribution in [0.5, 0.6) is 0 Å². The number of hydrogen-bond acceptors (Lipinski definition) is 1. The van der Waals surface area contributed by atoms with Gasteiger partial charge in [0.25, 0.3) is 0 Å². The summed E-state index contributed by atoms with van der Waals surface area (Å²) in [6.07, 6.45) is 9.56. The van der Waals surface area contributed by atoms with Gasteiger partial charge in [-0.15, -0.1) is 0 Å². The average Bonchev–Trinajstić information content (AvgIpc) is 2.46. The molecule has 1 heterocycles. The molecule has 0 N–H and O–H groups in total. The van der Waals surface area contributed by atoms with Crippen molar-refractivity contribution in [3.8, 4) is 0 Å². The van der Waals surface area contributed by atoms with Crippen LogP contribution in [0.3, 0.4) is 0 Å². The molecule has 0 unspecified atom stereocenters. The van der Waals surface area contributed by atoms with Crippen LogP contribution in [0, 0.1) is 19.9 Å². The van der Waals surface area contributed by atoms with E-state index >= 15 is 0 Å². The predicted molar refractivity (Wildman–Crippen MR) is 103 cm³/mol. The Morgan fingerprint density at radius 2 is 1.62 bits per heavy atom. The van der Waals surface area contributed by atoms with Gasteiger partial charge in [-0.1, -0.05) is 84.8 Å². The molecule has 3 heteroatoms. The average molecular weight is 411 g/mol. The molecule has 0 saturated heterocycles. The topological polar surface area (TPSA) is 12.9 Å². The summed E-state index contributed by atoms with van der Waals surface area (Å²) >= 11 is 0. The van der Waals surface area contributed by atoms with E-state index in [9.17, 15) is 0 Å². The second-order valence-corrected chi connectivity index (χ2v) is 10.6. The fourth-order valence-corrected chi connectivity index (χ4v) is 1.32. The van der Waals surface area contributed by atoms with E-state index < -0.39 is 8.07 Å². The molecule has 1 aromatic rings. The Hall–Kier alpha value is -0.0944. The van der Waals surface area contributed by atoms with Crippen LogP contribution < -0.4 is 0 Å². The normalized spacial score (nSPS) is 9.86. The van der Waals surface area contributed by atoms with Gasteiger partial charge in [0.1, 0.15) is 0 Å². The van der Waals surface area contributed by atoms with Crippen LogP contribution in [0.25, 0.3) is 0 Å². The predicted octanol–water partition coefficient (Wildman–Crippen LogP) is 5.77. The number of aromatic nitrogens is 1. The van der Waals surface area contributed by atoms with Crippen LogP contribution in [0.15, 0.2) is 30.1 Å². The Bertz CT molecular complexity index is 316. The molecule has 0 bridgehead atoms. The van der Waals surface area contributed by atoms with Gasteiger partial charge in [-0.05, 0) is 12.1 Å². The monoisotopic (exact) mass is 412 g/mol. The largest absolute Gasteiger partial charge is 0.256 e. The summed E-state index contributed by atoms with van der Waals surface area (Å²) < 4.78 is 0. The van der Waals surface area contributed by atoms with Crippen LogP contribution in [0.1, 0.15) is 46.7 Å². The molecule has 0 fully saturated rings. The molecule has 119 valence electrons. The molecule has 0 amide bonds. The van der Waals surface area contributed by atoms with Crippen molar-refractivity contribution in [2.24, 2.45) is 0 Å². The smallest absolute Gasteiger partial charge is 0.0701 e. The van der Waals surface area contributed by atoms with Crippen LogP contribution >= 0.6 is 0 Å². The van der Waals surface area contributed by atoms with Gasteiger partial charge in [0.05, 0.1) is 13.8 Å². The fourth-order valence-electron chi connectivity index (χ4n) is 0.739. The molecule has 21 heavy (non-hydrogen) atoms. The zero-order valence-electron chi connectivity index (χ0n) is 14.6. The van der Waals surface area contributed by atoms with Crippen LogP contribution in [0.4, 0.5) is 0 Å². The van der Waals surface area contributed by atoms with Crippen molar-refractivity contribution in [2.75, 3.05) is 0 Å². The Labute approximate surface area is 153 Å². The van der Waals surface area contributed by atoms with Gasteiger partial charge in [0, 0.05) is 37.6 Å². The fraction of sp³-hybridized carbons (Fsp3) is 0.500. The maximum atomic E-state index is 4.16. The zero-order valence-corrected chi connectivity index (χ0v) is 18.4. The third kappa shape index (κ3) is 25.2. The van der Waals surface area contributed by atoms with Gasteiger partial charge in [-0.25, -0.2) is 0 Å². The minimum atomic E-state index is -1.12. The zero-order chi connectivity index (χ0) is 15.9. The van der Waals surface area contributed by atoms with Gasteiger partial charge < -0.3 is 0 Å². The molecule has 0 atom stereocenters. The van der Waals surface area contributed by atoms with E-state index in [2.05, 4.69) is 64.1 Å². The van der Waals surface area contributed by atoms with Crippen molar-refractivity contribution < 1.29 is 1.43 Å². The van der Waals surface area contributed by atoms with Crippen molar-refractivity contribution in [3.05, 3.63) is 55.7 Å². The van der Waals surface area contributed by atoms with Crippen LogP contribution in [-0.2, 0) is 0 Å². The first-order chi connectivity index (χ1) is 9.41. The summed E-state index contributed by atoms with van der Waals surface area (Å²) in [4.78, 5) is 4.16. The second-order valence-electron chi connectivity index (χ2n) is 5.58. The van der Waals surface area contributed by atoms with E-state index in [-0.39, 0.29) is 25.3 Å². The SMILES string of the molecule is C[Si](C)(C)C=[C]c1ccccn1.[CH2]CCC.[CH2]CCC.[HH].[Sn]. The number of hydrogen-bond donors (Lipinski definition) is 0. The third-order valence-corrected chi connectivity index (χ3v) is 3.04. The number of rotatable bonds is 4. The molecule has 1 aromatic heterocycles. The Morgan fingerprint density at radius 3 is 1.90 bits per heavy atom. The van der Waals surface area contributed by atoms with Gasteiger partial charge in [-0.3, -0.25) is 4.98 Å². The van der Waals surface area contributed by atoms with Crippen molar-refractivity contribution in [2.45, 2.75) is 59.2 Å². The number of pyridine rings is 1. The van der Waals surface area contributed by atoms with E-state index in [1.165, 1.54) is 12.8 Å². The molecule has 0 aliphatic heterocycles. The Kier molecular flexibility index (Phi) is 22.1. The van der Waals surface area contributed by atoms with Crippen molar-refractivity contribution in [3.63, 3.8) is 0 Å². The van der Waals surface area contributed by atoms with E-state index in [0.717, 1.165) is 18.5 Å². The summed E-state index contributed by atoms with van der Waals surface area (Å²) in [7, 11) is -1.12. The summed E-state index contributed by atoms with van der Waals surface area (Å²) in [5.41, 5.74) is 3.11. The maximum Gasteiger partial charge on any atom is 0.0701 e. The summed E-state index contributed by atoms with van der Waals surface area (Å²) in [5, 5.41) is 0. The Morgan fingerprint density at radius 1 is 1.14 bits per heavy atom. The summed E-state index contributed by atoms with van der Waals surface area (Å²) in [6.45, 7) is 18.3. The van der Waals surface area contributed by atoms with Crippen LogP contribution in [0.2, 0.25) is 19.6 Å². The molecule has 0 aromatic carbocycles. The van der Waals surface area contributed by atoms with Crippen molar-refractivity contribution in [1.29, 1.82) is 0 Å². The molecule has 1 nitrogen and oxygen atoms in total. The molecular formula is C18H34NSiSn. The van der Waals surface area contributed by atoms with E-state index in [1.54, 1.807) is 6.20 Å². The van der Waals surface area contributed by atoms with E-state index in [0.29, 0.717) is 0 Å². The second kappa shape index (κ2) is 18.0. The van der Waals surface area contributed by atoms with E-state index in [4.69, 9.17) is 0 Å². The van der Waals surface area contributed by atoms with Gasteiger partial charge in [-0.2, -0.15) is 0 Å². The Balaban J connectivity index is -0.000000138. The van der Waals surface area contributed by atoms with Gasteiger partial charge in [0.2, 0.25) is 0 Å². The molecule has 0 saturated carbocycles. The third-order valence-electron chi connectivity index (χ3n) is 2.03. The standard InChI is InChI=1S/C10H14NSi.2C4H9.Sn.H2/c1-12(2,3)9-7-10-6-4-5-8-11-10;2*1-3-4-2;;/h4-6,8-9H,1-3H3;2*1,3-4H2,2H3;;1H. The minimum absolute atomic E-state index is 0. The molecule has 0 aliphatic carbocycles. The van der Waals surface area contributed by atoms with Gasteiger partial charge >= 0.3 is 0 Å². The molecule has 0 aliphatic rings. The summed E-state index contributed by atoms with van der Waals surface area (Å²) in [5.74, 6) is 0. The quantitative estimate of drug-likeness (QED) is 0.573. The molecule has 1 rings (SSSR count). The van der Waals surface area contributed by atoms with Crippen molar-refractivity contribution >= 4 is 32.0 Å². The first-order valence-electron chi connectivity index (χ1n) is 7.51. The number of unbranched alkanes of at least 4 members (excludes halogenated alkanes) is 2. The molecule has 7 radical (unpaired) electrons. The summed E-state index contributed by atoms with van der Waals surface area (Å²) in [6, 6.07) is 5.86. The van der Waals surface area contributed by atoms with Gasteiger partial charge in [0.15, 0.2) is 0 Å². The first-order valence-corrected chi connectivity index (χ1v) is 11.1. The first kappa shape index (κ1) is 25.8. The maximum absolute atomic E-state index is 4.16. The number of nitrogens with zero attached hydrogens (tertiary/aromatic N) is 1. The molecular weight excluding hydrogens is 377 g/mol. The van der Waals surface area contributed by atoms with Crippen LogP contribution in [-0.4, -0.2) is 37.0 Å². The minimum Gasteiger partial charge on any atom is -0.256 e. The van der Waals surface area contributed by atoms with E-state index in [1.807, 2.05) is 18.2 Å². The molecule has 0 spiro atoms. The van der Waals surface area contributed by atoms with Crippen molar-refractivity contribution in [1.82, 2.24) is 4.98 Å².